The Bertz CT molecular complexity index is 958. The number of morpholine rings is 1. The summed E-state index contributed by atoms with van der Waals surface area (Å²) in [5, 5.41) is 2.83. The highest BCUT2D eigenvalue weighted by molar-refractivity contribution is 5.99. The van der Waals surface area contributed by atoms with Crippen LogP contribution in [0.5, 0.6) is 5.75 Å². The molecule has 0 bridgehead atoms. The maximum Gasteiger partial charge on any atom is 0.340 e. The van der Waals surface area contributed by atoms with Crippen LogP contribution in [0.1, 0.15) is 48.2 Å². The average Bonchev–Trinajstić information content (AvgIpc) is 2.78. The van der Waals surface area contributed by atoms with Gasteiger partial charge in [-0.1, -0.05) is 26.0 Å². The Morgan fingerprint density at radius 2 is 1.85 bits per heavy atom. The van der Waals surface area contributed by atoms with E-state index in [9.17, 15) is 9.59 Å². The molecule has 3 rings (SSSR count). The Morgan fingerprint density at radius 3 is 2.52 bits per heavy atom. The fourth-order valence-electron chi connectivity index (χ4n) is 3.65. The molecule has 1 N–H and O–H groups in total. The molecule has 8 heteroatoms. The number of ether oxygens (including phenoxy) is 3. The molecule has 0 saturated carbocycles. The van der Waals surface area contributed by atoms with E-state index in [-0.39, 0.29) is 37.4 Å². The molecule has 1 aliphatic rings. The van der Waals surface area contributed by atoms with Gasteiger partial charge in [-0.15, -0.1) is 12.4 Å². The fourth-order valence-corrected chi connectivity index (χ4v) is 3.65. The maximum absolute atomic E-state index is 12.6. The summed E-state index contributed by atoms with van der Waals surface area (Å²) in [5.41, 5.74) is 3.85. The third-order valence-corrected chi connectivity index (χ3v) is 5.28. The first kappa shape index (κ1) is 26.5. The molecule has 33 heavy (non-hydrogen) atoms. The summed E-state index contributed by atoms with van der Waals surface area (Å²) in [7, 11) is 0. The molecule has 0 aromatic heterocycles. The SMILES string of the molecule is CCOC(=O)c1cc(NC(=O)COc2cc(C)ccc2C(C)C)ccc1N1CCOCC1.Cl. The van der Waals surface area contributed by atoms with Gasteiger partial charge < -0.3 is 24.4 Å². The summed E-state index contributed by atoms with van der Waals surface area (Å²) in [6, 6.07) is 11.3. The van der Waals surface area contributed by atoms with Gasteiger partial charge in [0.2, 0.25) is 0 Å². The smallest absolute Gasteiger partial charge is 0.340 e. The first-order valence-corrected chi connectivity index (χ1v) is 11.1. The number of carbonyl (C=O) groups excluding carboxylic acids is 2. The highest BCUT2D eigenvalue weighted by Gasteiger charge is 2.21. The quantitative estimate of drug-likeness (QED) is 0.562. The van der Waals surface area contributed by atoms with E-state index in [4.69, 9.17) is 14.2 Å². The maximum atomic E-state index is 12.6. The largest absolute Gasteiger partial charge is 0.483 e. The van der Waals surface area contributed by atoms with Crippen molar-refractivity contribution in [1.82, 2.24) is 0 Å². The van der Waals surface area contributed by atoms with Gasteiger partial charge in [0.1, 0.15) is 5.75 Å². The predicted molar refractivity (Wildman–Crippen MR) is 132 cm³/mol. The van der Waals surface area contributed by atoms with Crippen LogP contribution in [0.25, 0.3) is 0 Å². The number of amides is 1. The molecule has 0 aliphatic carbocycles. The van der Waals surface area contributed by atoms with Crippen LogP contribution in [0.15, 0.2) is 36.4 Å². The Balaban J connectivity index is 0.00000385. The van der Waals surface area contributed by atoms with E-state index in [1.165, 1.54) is 0 Å². The van der Waals surface area contributed by atoms with Crippen LogP contribution in [0.4, 0.5) is 11.4 Å². The number of nitrogens with one attached hydrogen (secondary N) is 1. The summed E-state index contributed by atoms with van der Waals surface area (Å²) in [4.78, 5) is 27.2. The summed E-state index contributed by atoms with van der Waals surface area (Å²) in [5.74, 6) is 0.288. The van der Waals surface area contributed by atoms with E-state index < -0.39 is 5.97 Å². The summed E-state index contributed by atoms with van der Waals surface area (Å²) >= 11 is 0. The van der Waals surface area contributed by atoms with E-state index >= 15 is 0 Å². The van der Waals surface area contributed by atoms with Crippen LogP contribution in [-0.4, -0.2) is 51.4 Å². The third-order valence-electron chi connectivity index (χ3n) is 5.28. The normalized spacial score (nSPS) is 13.3. The van der Waals surface area contributed by atoms with Crippen LogP contribution in [-0.2, 0) is 14.3 Å². The van der Waals surface area contributed by atoms with Crippen LogP contribution >= 0.6 is 12.4 Å². The fraction of sp³-hybridized carbons (Fsp3) is 0.440. The standard InChI is InChI=1S/C25H32N2O5.ClH/c1-5-31-25(29)21-15-19(7-9-22(21)27-10-12-30-13-11-27)26-24(28)16-32-23-14-18(4)6-8-20(23)17(2)3;/h6-9,14-15,17H,5,10-13,16H2,1-4H3,(H,26,28);1H. The molecule has 0 atom stereocenters. The van der Waals surface area contributed by atoms with Crippen molar-refractivity contribution in [2.45, 2.75) is 33.6 Å². The second kappa shape index (κ2) is 12.5. The number of anilines is 2. The lowest BCUT2D eigenvalue weighted by Crippen LogP contribution is -2.37. The van der Waals surface area contributed by atoms with Crippen molar-refractivity contribution < 1.29 is 23.8 Å². The van der Waals surface area contributed by atoms with E-state index in [0.717, 1.165) is 16.8 Å². The van der Waals surface area contributed by atoms with Crippen molar-refractivity contribution in [3.63, 3.8) is 0 Å². The van der Waals surface area contributed by atoms with Crippen molar-refractivity contribution in [3.8, 4) is 5.75 Å². The van der Waals surface area contributed by atoms with Gasteiger partial charge in [-0.3, -0.25) is 4.79 Å². The zero-order valence-electron chi connectivity index (χ0n) is 19.7. The van der Waals surface area contributed by atoms with Crippen LogP contribution in [0.3, 0.4) is 0 Å². The second-order valence-corrected chi connectivity index (χ2v) is 8.08. The number of esters is 1. The van der Waals surface area contributed by atoms with Gasteiger partial charge in [0, 0.05) is 18.8 Å². The van der Waals surface area contributed by atoms with Crippen molar-refractivity contribution in [1.29, 1.82) is 0 Å². The monoisotopic (exact) mass is 476 g/mol. The first-order chi connectivity index (χ1) is 15.4. The lowest BCUT2D eigenvalue weighted by atomic mass is 10.0. The third kappa shape index (κ3) is 7.11. The minimum atomic E-state index is -0.414. The Labute approximate surface area is 201 Å². The zero-order chi connectivity index (χ0) is 23.1. The minimum Gasteiger partial charge on any atom is -0.483 e. The molecular weight excluding hydrogens is 444 g/mol. The van der Waals surface area contributed by atoms with Crippen molar-refractivity contribution in [2.75, 3.05) is 49.7 Å². The number of halogens is 1. The van der Waals surface area contributed by atoms with Gasteiger partial charge in [0.05, 0.1) is 31.1 Å². The van der Waals surface area contributed by atoms with E-state index in [1.54, 1.807) is 19.1 Å². The Kier molecular flexibility index (Phi) is 10.0. The van der Waals surface area contributed by atoms with E-state index in [2.05, 4.69) is 24.1 Å². The topological polar surface area (TPSA) is 77.1 Å². The first-order valence-electron chi connectivity index (χ1n) is 11.1. The highest BCUT2D eigenvalue weighted by Crippen LogP contribution is 2.28. The predicted octanol–water partition coefficient (Wildman–Crippen LogP) is 4.57. The number of carbonyl (C=O) groups is 2. The molecule has 2 aromatic carbocycles. The molecule has 0 spiro atoms. The zero-order valence-corrected chi connectivity index (χ0v) is 20.5. The van der Waals surface area contributed by atoms with Gasteiger partial charge in [-0.2, -0.15) is 0 Å². The number of hydrogen-bond acceptors (Lipinski definition) is 6. The molecule has 7 nitrogen and oxygen atoms in total. The number of nitrogens with zero attached hydrogens (tertiary/aromatic N) is 1. The van der Waals surface area contributed by atoms with Gasteiger partial charge in [-0.05, 0) is 55.2 Å². The molecule has 0 unspecified atom stereocenters. The van der Waals surface area contributed by atoms with Crippen molar-refractivity contribution >= 4 is 35.7 Å². The summed E-state index contributed by atoms with van der Waals surface area (Å²) in [6.07, 6.45) is 0. The molecule has 1 aliphatic heterocycles. The highest BCUT2D eigenvalue weighted by atomic mass is 35.5. The molecule has 1 saturated heterocycles. The summed E-state index contributed by atoms with van der Waals surface area (Å²) < 4.78 is 16.5. The van der Waals surface area contributed by atoms with Crippen molar-refractivity contribution in [3.05, 3.63) is 53.1 Å². The van der Waals surface area contributed by atoms with Gasteiger partial charge >= 0.3 is 5.97 Å². The van der Waals surface area contributed by atoms with Gasteiger partial charge in [0.15, 0.2) is 6.61 Å². The summed E-state index contributed by atoms with van der Waals surface area (Å²) in [6.45, 7) is 10.7. The van der Waals surface area contributed by atoms with Crippen LogP contribution in [0.2, 0.25) is 0 Å². The lowest BCUT2D eigenvalue weighted by molar-refractivity contribution is -0.118. The van der Waals surface area contributed by atoms with Gasteiger partial charge in [0.25, 0.3) is 5.91 Å². The lowest BCUT2D eigenvalue weighted by Gasteiger charge is -2.30. The number of aryl methyl sites for hydroxylation is 1. The molecule has 1 fully saturated rings. The number of benzene rings is 2. The molecule has 2 aromatic rings. The average molecular weight is 477 g/mol. The van der Waals surface area contributed by atoms with Crippen molar-refractivity contribution in [2.24, 2.45) is 0 Å². The van der Waals surface area contributed by atoms with Crippen LogP contribution < -0.4 is 15.0 Å². The second-order valence-electron chi connectivity index (χ2n) is 8.08. The van der Waals surface area contributed by atoms with E-state index in [0.29, 0.717) is 43.3 Å². The number of hydrogen-bond donors (Lipinski definition) is 1. The van der Waals surface area contributed by atoms with E-state index in [1.807, 2.05) is 31.2 Å². The molecule has 1 heterocycles. The number of rotatable bonds is 8. The van der Waals surface area contributed by atoms with Gasteiger partial charge in [-0.25, -0.2) is 4.79 Å². The molecular formula is C25H33ClN2O5. The molecule has 180 valence electrons. The Hall–Kier alpha value is -2.77. The molecule has 0 radical (unpaired) electrons. The Morgan fingerprint density at radius 1 is 1.12 bits per heavy atom. The van der Waals surface area contributed by atoms with Crippen LogP contribution in [0, 0.1) is 6.92 Å². The minimum absolute atomic E-state index is 0. The molecule has 1 amide bonds.